The molecule has 0 saturated heterocycles. The van der Waals surface area contributed by atoms with E-state index in [4.69, 9.17) is 0 Å². The standard InChI is InChI=1S/C31H39N3O4S/c1-21(2)32-31(36)26(7)33(19-27-11-9-8-10-24(27)5)30(35)20-34(29-18-23(4)12-15-25(29)6)39(37,38)28-16-13-22(3)14-17-28/h8-18,21,26H,19-20H2,1-7H3,(H,32,36)/t26-/m0/s1. The number of hydrogen-bond acceptors (Lipinski definition) is 4. The van der Waals surface area contributed by atoms with Crippen LogP contribution in [0.3, 0.4) is 0 Å². The van der Waals surface area contributed by atoms with E-state index in [0.717, 1.165) is 27.8 Å². The SMILES string of the molecule is Cc1ccc(S(=O)(=O)N(CC(=O)N(Cc2ccccc2C)[C@@H](C)C(=O)NC(C)C)c2cc(C)ccc2C)cc1. The first kappa shape index (κ1) is 29.9. The highest BCUT2D eigenvalue weighted by Crippen LogP contribution is 2.29. The van der Waals surface area contributed by atoms with Crippen LogP contribution in [0.25, 0.3) is 0 Å². The number of rotatable bonds is 10. The maximum absolute atomic E-state index is 14.0. The Balaban J connectivity index is 2.09. The van der Waals surface area contributed by atoms with Crippen LogP contribution in [0.15, 0.2) is 71.6 Å². The quantitative estimate of drug-likeness (QED) is 0.383. The molecule has 0 spiro atoms. The molecular formula is C31H39N3O4S. The zero-order valence-corrected chi connectivity index (χ0v) is 24.7. The molecule has 2 amide bonds. The molecular weight excluding hydrogens is 510 g/mol. The van der Waals surface area contributed by atoms with E-state index < -0.39 is 28.5 Å². The molecule has 0 unspecified atom stereocenters. The Morgan fingerprint density at radius 3 is 2.05 bits per heavy atom. The summed E-state index contributed by atoms with van der Waals surface area (Å²) in [7, 11) is -4.10. The fourth-order valence-electron chi connectivity index (χ4n) is 4.30. The molecule has 39 heavy (non-hydrogen) atoms. The lowest BCUT2D eigenvalue weighted by Crippen LogP contribution is -2.52. The molecule has 0 fully saturated rings. The van der Waals surface area contributed by atoms with Crippen LogP contribution in [0.5, 0.6) is 0 Å². The van der Waals surface area contributed by atoms with Crippen LogP contribution in [-0.2, 0) is 26.2 Å². The molecule has 0 aliphatic carbocycles. The third-order valence-electron chi connectivity index (χ3n) is 6.72. The normalized spacial score (nSPS) is 12.2. The summed E-state index contributed by atoms with van der Waals surface area (Å²) in [6, 6.07) is 18.8. The third-order valence-corrected chi connectivity index (χ3v) is 8.50. The number of sulfonamides is 1. The first-order valence-corrected chi connectivity index (χ1v) is 14.6. The van der Waals surface area contributed by atoms with Crippen LogP contribution in [0.4, 0.5) is 5.69 Å². The van der Waals surface area contributed by atoms with Gasteiger partial charge in [-0.15, -0.1) is 0 Å². The Kier molecular flexibility index (Phi) is 9.56. The minimum atomic E-state index is -4.10. The lowest BCUT2D eigenvalue weighted by Gasteiger charge is -2.33. The summed E-state index contributed by atoms with van der Waals surface area (Å²) in [4.78, 5) is 28.6. The molecule has 0 bridgehead atoms. The highest BCUT2D eigenvalue weighted by atomic mass is 32.2. The van der Waals surface area contributed by atoms with Crippen LogP contribution in [0, 0.1) is 27.7 Å². The fourth-order valence-corrected chi connectivity index (χ4v) is 5.77. The molecule has 3 aromatic rings. The number of carbonyl (C=O) groups is 2. The number of hydrogen-bond donors (Lipinski definition) is 1. The lowest BCUT2D eigenvalue weighted by molar-refractivity contribution is -0.139. The number of nitrogens with one attached hydrogen (secondary N) is 1. The Morgan fingerprint density at radius 1 is 0.821 bits per heavy atom. The lowest BCUT2D eigenvalue weighted by atomic mass is 10.1. The number of carbonyl (C=O) groups excluding carboxylic acids is 2. The van der Waals surface area contributed by atoms with Crippen molar-refractivity contribution >= 4 is 27.5 Å². The predicted molar refractivity (Wildman–Crippen MR) is 156 cm³/mol. The number of nitrogens with zero attached hydrogens (tertiary/aromatic N) is 2. The van der Waals surface area contributed by atoms with Crippen molar-refractivity contribution in [2.24, 2.45) is 0 Å². The van der Waals surface area contributed by atoms with Gasteiger partial charge in [-0.25, -0.2) is 8.42 Å². The number of benzene rings is 3. The smallest absolute Gasteiger partial charge is 0.264 e. The molecule has 0 heterocycles. The summed E-state index contributed by atoms with van der Waals surface area (Å²) in [5.41, 5.74) is 4.81. The summed E-state index contributed by atoms with van der Waals surface area (Å²) < 4.78 is 29.2. The first-order valence-electron chi connectivity index (χ1n) is 13.1. The minimum absolute atomic E-state index is 0.0952. The summed E-state index contributed by atoms with van der Waals surface area (Å²) >= 11 is 0. The van der Waals surface area contributed by atoms with Crippen molar-refractivity contribution in [3.05, 3.63) is 94.5 Å². The zero-order chi connectivity index (χ0) is 28.9. The van der Waals surface area contributed by atoms with E-state index in [1.54, 1.807) is 37.3 Å². The molecule has 3 aromatic carbocycles. The van der Waals surface area contributed by atoms with Crippen molar-refractivity contribution in [2.45, 2.75) is 72.0 Å². The van der Waals surface area contributed by atoms with Crippen molar-refractivity contribution < 1.29 is 18.0 Å². The second-order valence-corrected chi connectivity index (χ2v) is 12.3. The molecule has 208 valence electrons. The van der Waals surface area contributed by atoms with Crippen molar-refractivity contribution in [3.8, 4) is 0 Å². The van der Waals surface area contributed by atoms with E-state index >= 15 is 0 Å². The molecule has 3 rings (SSSR count). The highest BCUT2D eigenvalue weighted by Gasteiger charge is 2.33. The van der Waals surface area contributed by atoms with Gasteiger partial charge >= 0.3 is 0 Å². The van der Waals surface area contributed by atoms with Gasteiger partial charge in [0.2, 0.25) is 11.8 Å². The second kappa shape index (κ2) is 12.5. The van der Waals surface area contributed by atoms with E-state index in [2.05, 4.69) is 5.32 Å². The molecule has 7 nitrogen and oxygen atoms in total. The molecule has 1 atom stereocenters. The van der Waals surface area contributed by atoms with Gasteiger partial charge in [-0.05, 0) is 88.9 Å². The minimum Gasteiger partial charge on any atom is -0.352 e. The molecule has 0 aliphatic heterocycles. The molecule has 0 aliphatic rings. The average Bonchev–Trinajstić information content (AvgIpc) is 2.87. The predicted octanol–water partition coefficient (Wildman–Crippen LogP) is 5.06. The summed E-state index contributed by atoms with van der Waals surface area (Å²) in [5, 5.41) is 2.88. The fraction of sp³-hybridized carbons (Fsp3) is 0.355. The number of anilines is 1. The van der Waals surface area contributed by atoms with Crippen LogP contribution in [-0.4, -0.2) is 43.8 Å². The van der Waals surface area contributed by atoms with Crippen LogP contribution >= 0.6 is 0 Å². The van der Waals surface area contributed by atoms with Gasteiger partial charge in [0.1, 0.15) is 12.6 Å². The van der Waals surface area contributed by atoms with Crippen molar-refractivity contribution in [2.75, 3.05) is 10.8 Å². The molecule has 0 radical (unpaired) electrons. The van der Waals surface area contributed by atoms with Gasteiger partial charge in [0.15, 0.2) is 0 Å². The number of amides is 2. The van der Waals surface area contributed by atoms with Gasteiger partial charge in [-0.3, -0.25) is 13.9 Å². The molecule has 0 aromatic heterocycles. The Bertz CT molecular complexity index is 1430. The van der Waals surface area contributed by atoms with Crippen molar-refractivity contribution in [3.63, 3.8) is 0 Å². The summed E-state index contributed by atoms with van der Waals surface area (Å²) in [6.45, 7) is 12.6. The van der Waals surface area contributed by atoms with Gasteiger partial charge in [-0.2, -0.15) is 0 Å². The van der Waals surface area contributed by atoms with E-state index in [9.17, 15) is 18.0 Å². The third kappa shape index (κ3) is 7.26. The Morgan fingerprint density at radius 2 is 1.44 bits per heavy atom. The van der Waals surface area contributed by atoms with Crippen LogP contribution in [0.1, 0.15) is 48.6 Å². The van der Waals surface area contributed by atoms with E-state index in [1.807, 2.05) is 77.9 Å². The van der Waals surface area contributed by atoms with Gasteiger partial charge in [0, 0.05) is 12.6 Å². The van der Waals surface area contributed by atoms with E-state index in [-0.39, 0.29) is 23.4 Å². The largest absolute Gasteiger partial charge is 0.352 e. The molecule has 8 heteroatoms. The van der Waals surface area contributed by atoms with Gasteiger partial charge < -0.3 is 10.2 Å². The van der Waals surface area contributed by atoms with Gasteiger partial charge in [0.25, 0.3) is 10.0 Å². The van der Waals surface area contributed by atoms with E-state index in [0.29, 0.717) is 5.69 Å². The van der Waals surface area contributed by atoms with Crippen LogP contribution in [0.2, 0.25) is 0 Å². The monoisotopic (exact) mass is 549 g/mol. The zero-order valence-electron chi connectivity index (χ0n) is 23.9. The van der Waals surface area contributed by atoms with Gasteiger partial charge in [-0.1, -0.05) is 54.1 Å². The van der Waals surface area contributed by atoms with E-state index in [1.165, 1.54) is 9.21 Å². The second-order valence-electron chi connectivity index (χ2n) is 10.4. The highest BCUT2D eigenvalue weighted by molar-refractivity contribution is 7.92. The maximum Gasteiger partial charge on any atom is 0.264 e. The van der Waals surface area contributed by atoms with Gasteiger partial charge in [0.05, 0.1) is 10.6 Å². The van der Waals surface area contributed by atoms with Crippen LogP contribution < -0.4 is 9.62 Å². The van der Waals surface area contributed by atoms with Crippen molar-refractivity contribution in [1.82, 2.24) is 10.2 Å². The Hall–Kier alpha value is -3.65. The molecule has 0 saturated carbocycles. The maximum atomic E-state index is 14.0. The average molecular weight is 550 g/mol. The summed E-state index contributed by atoms with van der Waals surface area (Å²) in [5.74, 6) is -0.770. The molecule has 1 N–H and O–H groups in total. The Labute approximate surface area is 232 Å². The summed E-state index contributed by atoms with van der Waals surface area (Å²) in [6.07, 6.45) is 0. The number of aryl methyl sites for hydroxylation is 4. The first-order chi connectivity index (χ1) is 18.3. The topological polar surface area (TPSA) is 86.8 Å². The van der Waals surface area contributed by atoms with Crippen molar-refractivity contribution in [1.29, 1.82) is 0 Å².